The monoisotopic (exact) mass is 204 g/mol. The second-order valence-corrected chi connectivity index (χ2v) is 4.88. The molecule has 0 fully saturated rings. The predicted molar refractivity (Wildman–Crippen MR) is 53.6 cm³/mol. The van der Waals surface area contributed by atoms with Gasteiger partial charge in [0.25, 0.3) is 0 Å². The first-order valence-corrected chi connectivity index (χ1v) is 4.50. The van der Waals surface area contributed by atoms with E-state index in [2.05, 4.69) is 5.48 Å². The summed E-state index contributed by atoms with van der Waals surface area (Å²) >= 11 is 0. The molecule has 0 saturated carbocycles. The number of amides is 1. The summed E-state index contributed by atoms with van der Waals surface area (Å²) in [7, 11) is 0. The Hall–Kier alpha value is -0.810. The molecule has 0 aliphatic heterocycles. The van der Waals surface area contributed by atoms with Crippen LogP contribution in [-0.2, 0) is 9.57 Å². The fraction of sp³-hybridized carbons (Fsp3) is 0.889. The van der Waals surface area contributed by atoms with E-state index < -0.39 is 17.2 Å². The Morgan fingerprint density at radius 3 is 2.14 bits per heavy atom. The zero-order chi connectivity index (χ0) is 11.4. The first kappa shape index (κ1) is 13.2. The summed E-state index contributed by atoms with van der Waals surface area (Å²) in [6, 6.07) is 0. The standard InChI is InChI=1S/C9H20N2O3/c1-8(2,3)14-7(12)11-13-6-9(4,5)10/h6,10H2,1-5H3,(H,11,12). The van der Waals surface area contributed by atoms with E-state index in [1.54, 1.807) is 34.6 Å². The van der Waals surface area contributed by atoms with Gasteiger partial charge < -0.3 is 10.5 Å². The van der Waals surface area contributed by atoms with Crippen molar-refractivity contribution in [2.24, 2.45) is 5.73 Å². The van der Waals surface area contributed by atoms with Gasteiger partial charge >= 0.3 is 6.09 Å². The average Bonchev–Trinajstić information content (AvgIpc) is 1.78. The summed E-state index contributed by atoms with van der Waals surface area (Å²) in [4.78, 5) is 15.9. The first-order chi connectivity index (χ1) is 6.10. The van der Waals surface area contributed by atoms with Crippen molar-refractivity contribution in [1.82, 2.24) is 5.48 Å². The topological polar surface area (TPSA) is 73.6 Å². The molecule has 0 heterocycles. The summed E-state index contributed by atoms with van der Waals surface area (Å²) in [6.45, 7) is 9.15. The minimum Gasteiger partial charge on any atom is -0.442 e. The van der Waals surface area contributed by atoms with Gasteiger partial charge in [0.05, 0.1) is 6.61 Å². The van der Waals surface area contributed by atoms with Crippen LogP contribution in [0.2, 0.25) is 0 Å². The van der Waals surface area contributed by atoms with E-state index in [0.29, 0.717) is 0 Å². The summed E-state index contributed by atoms with van der Waals surface area (Å²) in [6.07, 6.45) is -0.609. The van der Waals surface area contributed by atoms with E-state index in [1.165, 1.54) is 0 Å². The Labute approximate surface area is 84.9 Å². The van der Waals surface area contributed by atoms with Gasteiger partial charge in [0.1, 0.15) is 5.60 Å². The lowest BCUT2D eigenvalue weighted by atomic mass is 10.1. The molecule has 0 bridgehead atoms. The van der Waals surface area contributed by atoms with Crippen LogP contribution in [0.25, 0.3) is 0 Å². The summed E-state index contributed by atoms with van der Waals surface area (Å²) in [5.41, 5.74) is 6.79. The van der Waals surface area contributed by atoms with Gasteiger partial charge in [-0.25, -0.2) is 4.79 Å². The number of hydrogen-bond acceptors (Lipinski definition) is 4. The molecule has 84 valence electrons. The minimum absolute atomic E-state index is 0.228. The predicted octanol–water partition coefficient (Wildman–Crippen LogP) is 1.18. The molecular weight excluding hydrogens is 184 g/mol. The SMILES string of the molecule is CC(C)(N)CONC(=O)OC(C)(C)C. The molecular formula is C9H20N2O3. The summed E-state index contributed by atoms with van der Waals surface area (Å²) < 4.78 is 4.94. The molecule has 5 nitrogen and oxygen atoms in total. The van der Waals surface area contributed by atoms with E-state index in [4.69, 9.17) is 15.3 Å². The zero-order valence-corrected chi connectivity index (χ0v) is 9.51. The number of nitrogens with two attached hydrogens (primary N) is 1. The third kappa shape index (κ3) is 9.28. The lowest BCUT2D eigenvalue weighted by Crippen LogP contribution is -2.41. The van der Waals surface area contributed by atoms with Crippen molar-refractivity contribution in [2.45, 2.75) is 45.8 Å². The lowest BCUT2D eigenvalue weighted by Gasteiger charge is -2.21. The Balaban J connectivity index is 3.66. The van der Waals surface area contributed by atoms with E-state index in [9.17, 15) is 4.79 Å². The van der Waals surface area contributed by atoms with Gasteiger partial charge in [-0.1, -0.05) is 0 Å². The smallest absolute Gasteiger partial charge is 0.431 e. The Morgan fingerprint density at radius 2 is 1.79 bits per heavy atom. The molecule has 3 N–H and O–H groups in total. The van der Waals surface area contributed by atoms with Crippen LogP contribution in [0, 0.1) is 0 Å². The number of carbonyl (C=O) groups excluding carboxylic acids is 1. The van der Waals surface area contributed by atoms with Crippen LogP contribution in [0.4, 0.5) is 4.79 Å². The van der Waals surface area contributed by atoms with Crippen LogP contribution in [0.3, 0.4) is 0 Å². The van der Waals surface area contributed by atoms with Crippen LogP contribution in [0.15, 0.2) is 0 Å². The van der Waals surface area contributed by atoms with E-state index in [-0.39, 0.29) is 6.61 Å². The number of hydrogen-bond donors (Lipinski definition) is 2. The van der Waals surface area contributed by atoms with Crippen LogP contribution in [-0.4, -0.2) is 23.8 Å². The minimum atomic E-state index is -0.609. The van der Waals surface area contributed by atoms with Crippen molar-refractivity contribution in [2.75, 3.05) is 6.61 Å². The Bertz CT molecular complexity index is 191. The molecule has 0 aromatic heterocycles. The summed E-state index contributed by atoms with van der Waals surface area (Å²) in [5, 5.41) is 0. The average molecular weight is 204 g/mol. The Morgan fingerprint density at radius 1 is 1.29 bits per heavy atom. The van der Waals surface area contributed by atoms with Gasteiger partial charge in [-0.3, -0.25) is 4.84 Å². The lowest BCUT2D eigenvalue weighted by molar-refractivity contribution is -0.0180. The maximum absolute atomic E-state index is 11.0. The summed E-state index contributed by atoms with van der Waals surface area (Å²) in [5.74, 6) is 0. The number of carbonyl (C=O) groups is 1. The third-order valence-corrected chi connectivity index (χ3v) is 0.999. The van der Waals surface area contributed by atoms with Crippen molar-refractivity contribution >= 4 is 6.09 Å². The molecule has 5 heteroatoms. The van der Waals surface area contributed by atoms with E-state index >= 15 is 0 Å². The molecule has 0 atom stereocenters. The van der Waals surface area contributed by atoms with Gasteiger partial charge in [0.2, 0.25) is 0 Å². The van der Waals surface area contributed by atoms with Crippen molar-refractivity contribution < 1.29 is 14.4 Å². The molecule has 0 aliphatic carbocycles. The van der Waals surface area contributed by atoms with Crippen LogP contribution in [0.1, 0.15) is 34.6 Å². The number of ether oxygens (including phenoxy) is 1. The van der Waals surface area contributed by atoms with Gasteiger partial charge in [-0.05, 0) is 34.6 Å². The van der Waals surface area contributed by atoms with Crippen LogP contribution >= 0.6 is 0 Å². The highest BCUT2D eigenvalue weighted by molar-refractivity contribution is 5.66. The molecule has 0 aliphatic rings. The largest absolute Gasteiger partial charge is 0.442 e. The highest BCUT2D eigenvalue weighted by Gasteiger charge is 2.17. The second kappa shape index (κ2) is 4.61. The van der Waals surface area contributed by atoms with E-state index in [0.717, 1.165) is 0 Å². The fourth-order valence-corrected chi connectivity index (χ4v) is 0.580. The molecule has 0 saturated heterocycles. The highest BCUT2D eigenvalue weighted by atomic mass is 16.7. The maximum Gasteiger partial charge on any atom is 0.431 e. The van der Waals surface area contributed by atoms with Crippen LogP contribution in [0.5, 0.6) is 0 Å². The molecule has 0 spiro atoms. The molecule has 0 unspecified atom stereocenters. The van der Waals surface area contributed by atoms with Crippen molar-refractivity contribution in [3.8, 4) is 0 Å². The molecule has 1 amide bonds. The molecule has 0 radical (unpaired) electrons. The van der Waals surface area contributed by atoms with Crippen molar-refractivity contribution in [3.05, 3.63) is 0 Å². The van der Waals surface area contributed by atoms with Crippen molar-refractivity contribution in [1.29, 1.82) is 0 Å². The van der Waals surface area contributed by atoms with Crippen LogP contribution < -0.4 is 11.2 Å². The maximum atomic E-state index is 11.0. The number of nitrogens with one attached hydrogen (secondary N) is 1. The molecule has 0 rings (SSSR count). The van der Waals surface area contributed by atoms with Crippen molar-refractivity contribution in [3.63, 3.8) is 0 Å². The van der Waals surface area contributed by atoms with Gasteiger partial charge in [-0.2, -0.15) is 5.48 Å². The Kier molecular flexibility index (Phi) is 4.35. The zero-order valence-electron chi connectivity index (χ0n) is 9.51. The molecule has 14 heavy (non-hydrogen) atoms. The van der Waals surface area contributed by atoms with Gasteiger partial charge in [-0.15, -0.1) is 0 Å². The third-order valence-electron chi connectivity index (χ3n) is 0.999. The molecule has 0 aromatic rings. The number of rotatable bonds is 3. The second-order valence-electron chi connectivity index (χ2n) is 4.88. The quantitative estimate of drug-likeness (QED) is 0.677. The normalized spacial score (nSPS) is 12.4. The fourth-order valence-electron chi connectivity index (χ4n) is 0.580. The number of hydroxylamine groups is 1. The first-order valence-electron chi connectivity index (χ1n) is 4.50. The molecule has 0 aromatic carbocycles. The van der Waals surface area contributed by atoms with Gasteiger partial charge in [0, 0.05) is 5.54 Å². The van der Waals surface area contributed by atoms with Gasteiger partial charge in [0.15, 0.2) is 0 Å². The highest BCUT2D eigenvalue weighted by Crippen LogP contribution is 2.06. The van der Waals surface area contributed by atoms with E-state index in [1.807, 2.05) is 0 Å².